The zero-order valence-electron chi connectivity index (χ0n) is 15.3. The van der Waals surface area contributed by atoms with Crippen LogP contribution in [0.4, 0.5) is 0 Å². The van der Waals surface area contributed by atoms with Crippen LogP contribution in [0.3, 0.4) is 0 Å². The third-order valence-corrected chi connectivity index (χ3v) is 6.06. The van der Waals surface area contributed by atoms with Crippen LogP contribution < -0.4 is 0 Å². The number of likely N-dealkylation sites (N-methyl/N-ethyl adjacent to an activating group) is 1. The predicted octanol–water partition coefficient (Wildman–Crippen LogP) is 4.57. The van der Waals surface area contributed by atoms with Crippen LogP contribution in [0.1, 0.15) is 52.9 Å². The van der Waals surface area contributed by atoms with Crippen LogP contribution in [0.25, 0.3) is 10.9 Å². The van der Waals surface area contributed by atoms with Gasteiger partial charge in [-0.05, 0) is 69.1 Å². The largest absolute Gasteiger partial charge is 0.336 e. The molecule has 4 heterocycles. The van der Waals surface area contributed by atoms with Gasteiger partial charge in [0.25, 0.3) is 0 Å². The third-order valence-electron chi connectivity index (χ3n) is 6.06. The first-order chi connectivity index (χ1) is 12.1. The lowest BCUT2D eigenvalue weighted by atomic mass is 9.85. The molecular weight excluding hydrogens is 306 g/mol. The fraction of sp³-hybridized carbons (Fsp3) is 0.409. The van der Waals surface area contributed by atoms with Crippen LogP contribution in [0.15, 0.2) is 36.5 Å². The van der Waals surface area contributed by atoms with Gasteiger partial charge in [0, 0.05) is 47.5 Å². The smallest absolute Gasteiger partial charge is 0.0590 e. The topological polar surface area (TPSA) is 21.1 Å². The molecule has 0 fully saturated rings. The Bertz CT molecular complexity index is 969. The monoisotopic (exact) mass is 331 g/mol. The molecule has 0 bridgehead atoms. The summed E-state index contributed by atoms with van der Waals surface area (Å²) in [6.07, 6.45) is 4.46. The molecule has 0 aliphatic carbocycles. The molecule has 0 radical (unpaired) electrons. The fourth-order valence-corrected chi connectivity index (χ4v) is 5.06. The number of aryl methyl sites for hydroxylation is 2. The van der Waals surface area contributed by atoms with E-state index in [4.69, 9.17) is 0 Å². The number of rotatable bonds is 1. The summed E-state index contributed by atoms with van der Waals surface area (Å²) in [5.41, 5.74) is 8.45. The van der Waals surface area contributed by atoms with Crippen molar-refractivity contribution in [2.45, 2.75) is 45.2 Å². The summed E-state index contributed by atoms with van der Waals surface area (Å²) in [6, 6.07) is 11.9. The van der Waals surface area contributed by atoms with Gasteiger partial charge in [0.1, 0.15) is 0 Å². The number of aromatic nitrogens is 2. The normalized spacial score (nSPS) is 23.0. The van der Waals surface area contributed by atoms with Gasteiger partial charge in [0.2, 0.25) is 0 Å². The molecule has 0 spiro atoms. The second-order valence-corrected chi connectivity index (χ2v) is 7.97. The predicted molar refractivity (Wildman–Crippen MR) is 102 cm³/mol. The van der Waals surface area contributed by atoms with Crippen molar-refractivity contribution in [1.29, 1.82) is 0 Å². The van der Waals surface area contributed by atoms with Gasteiger partial charge in [0.05, 0.1) is 6.04 Å². The summed E-state index contributed by atoms with van der Waals surface area (Å²) >= 11 is 0. The molecule has 2 aliphatic heterocycles. The van der Waals surface area contributed by atoms with Crippen molar-refractivity contribution in [1.82, 2.24) is 14.5 Å². The number of nitrogens with zero attached hydrogens (tertiary/aromatic N) is 3. The summed E-state index contributed by atoms with van der Waals surface area (Å²) in [7, 11) is 2.26. The van der Waals surface area contributed by atoms with Gasteiger partial charge in [-0.25, -0.2) is 0 Å². The van der Waals surface area contributed by atoms with Crippen molar-refractivity contribution < 1.29 is 0 Å². The molecule has 5 rings (SSSR count). The maximum atomic E-state index is 4.41. The molecular formula is C22H25N3. The molecule has 2 unspecified atom stereocenters. The molecule has 1 aromatic carbocycles. The molecule has 128 valence electrons. The van der Waals surface area contributed by atoms with Crippen LogP contribution in [0.5, 0.6) is 0 Å². The van der Waals surface area contributed by atoms with E-state index in [1.807, 2.05) is 6.20 Å². The first-order valence-electron chi connectivity index (χ1n) is 9.36. The molecule has 3 heteroatoms. The van der Waals surface area contributed by atoms with Gasteiger partial charge in [-0.3, -0.25) is 4.98 Å². The van der Waals surface area contributed by atoms with E-state index in [0.29, 0.717) is 12.0 Å². The fourth-order valence-electron chi connectivity index (χ4n) is 5.06. The van der Waals surface area contributed by atoms with E-state index in [1.54, 1.807) is 11.3 Å². The highest BCUT2D eigenvalue weighted by atomic mass is 15.1. The Kier molecular flexibility index (Phi) is 3.29. The summed E-state index contributed by atoms with van der Waals surface area (Å²) in [6.45, 7) is 6.55. The Morgan fingerprint density at radius 3 is 2.80 bits per heavy atom. The number of hydrogen-bond donors (Lipinski definition) is 0. The highest BCUT2D eigenvalue weighted by Gasteiger charge is 2.36. The minimum absolute atomic E-state index is 0.440. The van der Waals surface area contributed by atoms with Crippen molar-refractivity contribution >= 4 is 10.9 Å². The molecule has 25 heavy (non-hydrogen) atoms. The van der Waals surface area contributed by atoms with Gasteiger partial charge in [-0.1, -0.05) is 11.6 Å². The highest BCUT2D eigenvalue weighted by Crippen LogP contribution is 2.46. The molecule has 3 aromatic rings. The van der Waals surface area contributed by atoms with Gasteiger partial charge >= 0.3 is 0 Å². The minimum atomic E-state index is 0.440. The van der Waals surface area contributed by atoms with Crippen molar-refractivity contribution in [3.63, 3.8) is 0 Å². The van der Waals surface area contributed by atoms with E-state index >= 15 is 0 Å². The van der Waals surface area contributed by atoms with Crippen molar-refractivity contribution in [2.75, 3.05) is 13.6 Å². The Labute approximate surface area is 149 Å². The molecule has 0 N–H and O–H groups in total. The van der Waals surface area contributed by atoms with E-state index in [1.165, 1.54) is 41.4 Å². The lowest BCUT2D eigenvalue weighted by Gasteiger charge is -2.38. The van der Waals surface area contributed by atoms with Crippen molar-refractivity contribution in [2.24, 2.45) is 0 Å². The van der Waals surface area contributed by atoms with E-state index in [0.717, 1.165) is 12.2 Å². The summed E-state index contributed by atoms with van der Waals surface area (Å²) in [4.78, 5) is 6.90. The number of pyridine rings is 1. The molecule has 2 aromatic heterocycles. The highest BCUT2D eigenvalue weighted by molar-refractivity contribution is 5.87. The average molecular weight is 331 g/mol. The standard InChI is InChI=1S/C22H25N3/c1-14-4-6-21-18(10-14)19-13-24(3)12-17-5-7-20(25(21)22(17)19)16-8-9-23-15(2)11-16/h4,6,8-11,17,20H,5,7,12-13H2,1-3H3. The molecule has 2 aliphatic rings. The SMILES string of the molecule is Cc1ccc2c(c1)c1c3n2C(c2ccnc(C)c2)CCC3CN(C)C1. The molecule has 0 amide bonds. The van der Waals surface area contributed by atoms with Crippen LogP contribution in [-0.2, 0) is 6.54 Å². The Morgan fingerprint density at radius 2 is 1.96 bits per heavy atom. The number of benzene rings is 1. The minimum Gasteiger partial charge on any atom is -0.336 e. The molecule has 2 atom stereocenters. The van der Waals surface area contributed by atoms with E-state index in [9.17, 15) is 0 Å². The molecule has 3 nitrogen and oxygen atoms in total. The second-order valence-electron chi connectivity index (χ2n) is 7.97. The van der Waals surface area contributed by atoms with Crippen LogP contribution in [0.2, 0.25) is 0 Å². The van der Waals surface area contributed by atoms with Gasteiger partial charge in [-0.2, -0.15) is 0 Å². The van der Waals surface area contributed by atoms with Crippen molar-refractivity contribution in [3.05, 3.63) is 64.6 Å². The van der Waals surface area contributed by atoms with Crippen molar-refractivity contribution in [3.8, 4) is 0 Å². The molecule has 0 saturated carbocycles. The maximum Gasteiger partial charge on any atom is 0.0590 e. The Hall–Kier alpha value is -2.13. The van der Waals surface area contributed by atoms with Gasteiger partial charge in [-0.15, -0.1) is 0 Å². The van der Waals surface area contributed by atoms with Gasteiger partial charge < -0.3 is 9.47 Å². The van der Waals surface area contributed by atoms with E-state index < -0.39 is 0 Å². The second kappa shape index (κ2) is 5.43. The van der Waals surface area contributed by atoms with Gasteiger partial charge in [0.15, 0.2) is 0 Å². The zero-order valence-corrected chi connectivity index (χ0v) is 15.3. The van der Waals surface area contributed by atoms with Crippen LogP contribution >= 0.6 is 0 Å². The van der Waals surface area contributed by atoms with Crippen LogP contribution in [-0.4, -0.2) is 28.0 Å². The first-order valence-corrected chi connectivity index (χ1v) is 9.36. The Morgan fingerprint density at radius 1 is 1.08 bits per heavy atom. The lowest BCUT2D eigenvalue weighted by Crippen LogP contribution is -2.35. The van der Waals surface area contributed by atoms with E-state index in [-0.39, 0.29) is 0 Å². The lowest BCUT2D eigenvalue weighted by molar-refractivity contribution is 0.246. The molecule has 0 saturated heterocycles. The quantitative estimate of drug-likeness (QED) is 0.651. The summed E-state index contributed by atoms with van der Waals surface area (Å²) in [5, 5.41) is 1.46. The average Bonchev–Trinajstić information content (AvgIpc) is 2.90. The van der Waals surface area contributed by atoms with Crippen LogP contribution in [0, 0.1) is 13.8 Å². The third kappa shape index (κ3) is 2.26. The number of hydrogen-bond acceptors (Lipinski definition) is 2. The van der Waals surface area contributed by atoms with E-state index in [2.05, 4.69) is 65.7 Å². The Balaban J connectivity index is 1.80. The number of fused-ring (bicyclic) bond motifs is 3. The summed E-state index contributed by atoms with van der Waals surface area (Å²) in [5.74, 6) is 0.667. The first kappa shape index (κ1) is 15.2. The zero-order chi connectivity index (χ0) is 17.1. The maximum absolute atomic E-state index is 4.41. The summed E-state index contributed by atoms with van der Waals surface area (Å²) < 4.78 is 2.67.